The van der Waals surface area contributed by atoms with Crippen LogP contribution < -0.4 is 5.32 Å². The molecule has 4 heteroatoms. The van der Waals surface area contributed by atoms with Gasteiger partial charge in [0.2, 0.25) is 5.76 Å². The average molecular weight is 273 g/mol. The lowest BCUT2D eigenvalue weighted by molar-refractivity contribution is 0.0663. The summed E-state index contributed by atoms with van der Waals surface area (Å²) in [6.45, 7) is 2.80. The molecule has 0 radical (unpaired) electrons. The Morgan fingerprint density at radius 1 is 1.40 bits per heavy atom. The highest BCUT2D eigenvalue weighted by Gasteiger charge is 2.25. The van der Waals surface area contributed by atoms with E-state index in [1.54, 1.807) is 0 Å². The van der Waals surface area contributed by atoms with Crippen LogP contribution in [0.1, 0.15) is 42.3 Å². The Labute approximate surface area is 117 Å². The molecule has 0 bridgehead atoms. The topological polar surface area (TPSA) is 62.5 Å². The van der Waals surface area contributed by atoms with Gasteiger partial charge in [0.05, 0.1) is 0 Å². The quantitative estimate of drug-likeness (QED) is 0.896. The molecule has 2 atom stereocenters. The van der Waals surface area contributed by atoms with Crippen LogP contribution in [0.4, 0.5) is 0 Å². The van der Waals surface area contributed by atoms with Crippen LogP contribution in [0, 0.1) is 5.92 Å². The van der Waals surface area contributed by atoms with Gasteiger partial charge in [0.1, 0.15) is 5.58 Å². The number of benzene rings is 1. The summed E-state index contributed by atoms with van der Waals surface area (Å²) in [6, 6.07) is 7.97. The average Bonchev–Trinajstić information content (AvgIpc) is 3.00. The third kappa shape index (κ3) is 2.31. The zero-order chi connectivity index (χ0) is 14.1. The van der Waals surface area contributed by atoms with E-state index in [4.69, 9.17) is 4.42 Å². The molecule has 0 spiro atoms. The zero-order valence-electron chi connectivity index (χ0n) is 11.6. The maximum atomic E-state index is 11.3. The molecule has 2 aromatic rings. The van der Waals surface area contributed by atoms with E-state index in [9.17, 15) is 9.90 Å². The van der Waals surface area contributed by atoms with E-state index in [1.807, 2.05) is 24.3 Å². The Hall–Kier alpha value is -1.81. The fourth-order valence-corrected chi connectivity index (χ4v) is 3.13. The lowest BCUT2D eigenvalue weighted by Gasteiger charge is -2.17. The van der Waals surface area contributed by atoms with E-state index >= 15 is 0 Å². The molecule has 0 aliphatic heterocycles. The van der Waals surface area contributed by atoms with Crippen LogP contribution in [0.3, 0.4) is 0 Å². The molecule has 1 saturated carbocycles. The summed E-state index contributed by atoms with van der Waals surface area (Å²) in [6.07, 6.45) is 3.66. The molecule has 2 unspecified atom stereocenters. The molecule has 106 valence electrons. The first-order chi connectivity index (χ1) is 9.66. The molecule has 1 heterocycles. The minimum Gasteiger partial charge on any atom is -0.475 e. The molecule has 1 aliphatic carbocycles. The highest BCUT2D eigenvalue weighted by molar-refractivity contribution is 5.95. The van der Waals surface area contributed by atoms with Gasteiger partial charge >= 0.3 is 5.97 Å². The molecule has 1 fully saturated rings. The van der Waals surface area contributed by atoms with E-state index in [2.05, 4.69) is 12.2 Å². The number of para-hydroxylation sites is 1. The summed E-state index contributed by atoms with van der Waals surface area (Å²) < 4.78 is 5.46. The zero-order valence-corrected chi connectivity index (χ0v) is 11.6. The number of rotatable bonds is 4. The van der Waals surface area contributed by atoms with Crippen LogP contribution >= 0.6 is 0 Å². The third-order valence-electron chi connectivity index (χ3n) is 4.30. The number of fused-ring (bicyclic) bond motifs is 1. The molecule has 20 heavy (non-hydrogen) atoms. The number of hydrogen-bond donors (Lipinski definition) is 2. The number of furan rings is 1. The summed E-state index contributed by atoms with van der Waals surface area (Å²) >= 11 is 0. The van der Waals surface area contributed by atoms with Gasteiger partial charge in [-0.15, -0.1) is 0 Å². The van der Waals surface area contributed by atoms with Gasteiger partial charge in [-0.05, 0) is 24.8 Å². The Morgan fingerprint density at radius 2 is 2.20 bits per heavy atom. The lowest BCUT2D eigenvalue weighted by atomic mass is 10.1. The Morgan fingerprint density at radius 3 is 2.90 bits per heavy atom. The van der Waals surface area contributed by atoms with Crippen molar-refractivity contribution in [2.24, 2.45) is 5.92 Å². The van der Waals surface area contributed by atoms with Crippen molar-refractivity contribution < 1.29 is 14.3 Å². The van der Waals surface area contributed by atoms with Crippen LogP contribution in [0.2, 0.25) is 0 Å². The van der Waals surface area contributed by atoms with Gasteiger partial charge in [-0.25, -0.2) is 4.79 Å². The van der Waals surface area contributed by atoms with Gasteiger partial charge < -0.3 is 14.8 Å². The number of hydrogen-bond acceptors (Lipinski definition) is 3. The number of aromatic carboxylic acids is 1. The first kappa shape index (κ1) is 13.2. The smallest absolute Gasteiger partial charge is 0.372 e. The summed E-state index contributed by atoms with van der Waals surface area (Å²) in [5, 5.41) is 13.7. The lowest BCUT2D eigenvalue weighted by Crippen LogP contribution is -2.30. The highest BCUT2D eigenvalue weighted by atomic mass is 16.4. The number of nitrogens with one attached hydrogen (secondary N) is 1. The van der Waals surface area contributed by atoms with Crippen LogP contribution in [0.15, 0.2) is 28.7 Å². The van der Waals surface area contributed by atoms with Gasteiger partial charge in [-0.2, -0.15) is 0 Å². The molecular weight excluding hydrogens is 254 g/mol. The van der Waals surface area contributed by atoms with Crippen molar-refractivity contribution in [1.82, 2.24) is 5.32 Å². The molecule has 1 aromatic carbocycles. The van der Waals surface area contributed by atoms with E-state index in [1.165, 1.54) is 19.3 Å². The monoisotopic (exact) mass is 273 g/mol. The SMILES string of the molecule is CC1CCCC1NCc1c(C(=O)O)oc2ccccc12. The first-order valence-electron chi connectivity index (χ1n) is 7.14. The Bertz CT molecular complexity index is 632. The molecule has 1 aliphatic rings. The molecule has 1 aromatic heterocycles. The van der Waals surface area contributed by atoms with Gasteiger partial charge in [-0.3, -0.25) is 0 Å². The second-order valence-corrected chi connectivity index (χ2v) is 5.61. The number of carboxylic acids is 1. The maximum Gasteiger partial charge on any atom is 0.372 e. The molecule has 0 amide bonds. The van der Waals surface area contributed by atoms with Gasteiger partial charge in [-0.1, -0.05) is 31.5 Å². The molecule has 2 N–H and O–H groups in total. The summed E-state index contributed by atoms with van der Waals surface area (Å²) in [5.41, 5.74) is 1.40. The van der Waals surface area contributed by atoms with Crippen molar-refractivity contribution in [1.29, 1.82) is 0 Å². The van der Waals surface area contributed by atoms with Gasteiger partial charge in [0.15, 0.2) is 0 Å². The van der Waals surface area contributed by atoms with Crippen LogP contribution in [0.5, 0.6) is 0 Å². The number of carboxylic acid groups (broad SMARTS) is 1. The van der Waals surface area contributed by atoms with Crippen molar-refractivity contribution in [3.05, 3.63) is 35.6 Å². The fraction of sp³-hybridized carbons (Fsp3) is 0.438. The third-order valence-corrected chi connectivity index (χ3v) is 4.30. The predicted molar refractivity (Wildman–Crippen MR) is 76.8 cm³/mol. The van der Waals surface area contributed by atoms with E-state index in [-0.39, 0.29) is 5.76 Å². The largest absolute Gasteiger partial charge is 0.475 e. The van der Waals surface area contributed by atoms with Crippen LogP contribution in [0.25, 0.3) is 11.0 Å². The van der Waals surface area contributed by atoms with E-state index in [0.717, 1.165) is 10.9 Å². The summed E-state index contributed by atoms with van der Waals surface area (Å²) in [4.78, 5) is 11.3. The molecule has 4 nitrogen and oxygen atoms in total. The van der Waals surface area contributed by atoms with Gasteiger partial charge in [0.25, 0.3) is 0 Å². The maximum absolute atomic E-state index is 11.3. The first-order valence-corrected chi connectivity index (χ1v) is 7.14. The van der Waals surface area contributed by atoms with Crippen molar-refractivity contribution in [2.75, 3.05) is 0 Å². The second-order valence-electron chi connectivity index (χ2n) is 5.61. The standard InChI is InChI=1S/C16H19NO3/c1-10-5-4-7-13(10)17-9-12-11-6-2-3-8-14(11)20-15(12)16(18)19/h2-3,6,8,10,13,17H,4-5,7,9H2,1H3,(H,18,19). The highest BCUT2D eigenvalue weighted by Crippen LogP contribution is 2.28. The summed E-state index contributed by atoms with van der Waals surface area (Å²) in [7, 11) is 0. The molecule has 0 saturated heterocycles. The van der Waals surface area contributed by atoms with Crippen molar-refractivity contribution >= 4 is 16.9 Å². The fourth-order valence-electron chi connectivity index (χ4n) is 3.13. The minimum atomic E-state index is -1.00. The van der Waals surface area contributed by atoms with Crippen molar-refractivity contribution in [3.63, 3.8) is 0 Å². The molecular formula is C16H19NO3. The summed E-state index contributed by atoms with van der Waals surface area (Å²) in [5.74, 6) is -0.289. The van der Waals surface area contributed by atoms with Crippen LogP contribution in [-0.4, -0.2) is 17.1 Å². The number of carbonyl (C=O) groups is 1. The molecule has 3 rings (SSSR count). The minimum absolute atomic E-state index is 0.0596. The Kier molecular flexibility index (Phi) is 3.49. The van der Waals surface area contributed by atoms with Crippen molar-refractivity contribution in [3.8, 4) is 0 Å². The Balaban J connectivity index is 1.89. The van der Waals surface area contributed by atoms with E-state index in [0.29, 0.717) is 24.1 Å². The second kappa shape index (κ2) is 5.29. The van der Waals surface area contributed by atoms with Crippen LogP contribution in [-0.2, 0) is 6.54 Å². The van der Waals surface area contributed by atoms with Crippen molar-refractivity contribution in [2.45, 2.75) is 38.8 Å². The normalized spacial score (nSPS) is 22.4. The predicted octanol–water partition coefficient (Wildman–Crippen LogP) is 3.41. The van der Waals surface area contributed by atoms with E-state index < -0.39 is 5.97 Å². The van der Waals surface area contributed by atoms with Gasteiger partial charge in [0, 0.05) is 23.5 Å².